The lowest BCUT2D eigenvalue weighted by molar-refractivity contribution is -0.160. The number of aromatic nitrogens is 3. The number of thiazole rings is 1. The molecule has 0 fully saturated rings. The van der Waals surface area contributed by atoms with Crippen LogP contribution in [0.25, 0.3) is 21.8 Å². The summed E-state index contributed by atoms with van der Waals surface area (Å²) in [6.07, 6.45) is 2.72. The van der Waals surface area contributed by atoms with Crippen LogP contribution in [0.2, 0.25) is 0 Å². The van der Waals surface area contributed by atoms with Gasteiger partial charge in [0.1, 0.15) is 30.5 Å². The van der Waals surface area contributed by atoms with Gasteiger partial charge < -0.3 is 18.6 Å². The number of carbonyl (C=O) groups excluding carboxylic acids is 2. The molecule has 0 aliphatic rings. The number of hydrogen-bond donors (Lipinski definition) is 0. The van der Waals surface area contributed by atoms with Crippen molar-refractivity contribution >= 4 is 45.1 Å². The summed E-state index contributed by atoms with van der Waals surface area (Å²) in [5, 5.41) is 4.12. The van der Waals surface area contributed by atoms with Crippen molar-refractivity contribution in [3.8, 4) is 5.75 Å². The molecule has 0 saturated heterocycles. The second-order valence-corrected chi connectivity index (χ2v) is 11.6. The van der Waals surface area contributed by atoms with Crippen LogP contribution < -0.4 is 4.74 Å². The van der Waals surface area contributed by atoms with Crippen LogP contribution in [0.4, 0.5) is 8.78 Å². The van der Waals surface area contributed by atoms with Crippen LogP contribution in [0.3, 0.4) is 0 Å². The Morgan fingerprint density at radius 2 is 1.34 bits per heavy atom. The highest BCUT2D eigenvalue weighted by Crippen LogP contribution is 2.31. The Morgan fingerprint density at radius 3 is 1.84 bits per heavy atom. The van der Waals surface area contributed by atoms with Gasteiger partial charge in [-0.3, -0.25) is 0 Å². The van der Waals surface area contributed by atoms with Crippen molar-refractivity contribution in [2.75, 3.05) is 7.11 Å². The third kappa shape index (κ3) is 5.72. The highest BCUT2D eigenvalue weighted by Gasteiger charge is 2.22. The van der Waals surface area contributed by atoms with Gasteiger partial charge in [0, 0.05) is 51.2 Å². The van der Waals surface area contributed by atoms with Gasteiger partial charge in [0.05, 0.1) is 12.1 Å². The number of benzene rings is 3. The molecule has 0 spiro atoms. The fourth-order valence-electron chi connectivity index (χ4n) is 5.79. The molecule has 0 N–H and O–H groups in total. The summed E-state index contributed by atoms with van der Waals surface area (Å²) in [6.45, 7) is 3.27. The van der Waals surface area contributed by atoms with Crippen LogP contribution in [0.1, 0.15) is 33.1 Å². The molecule has 10 heteroatoms. The molecule has 0 amide bonds. The van der Waals surface area contributed by atoms with Crippen LogP contribution in [0.15, 0.2) is 72.2 Å². The summed E-state index contributed by atoms with van der Waals surface area (Å²) < 4.78 is 42.6. The summed E-state index contributed by atoms with van der Waals surface area (Å²) >= 11 is 1.50. The van der Waals surface area contributed by atoms with E-state index in [1.54, 1.807) is 34.6 Å². The Kier molecular flexibility index (Phi) is 8.01. The maximum atomic E-state index is 14.3. The predicted octanol–water partition coefficient (Wildman–Crippen LogP) is 6.91. The van der Waals surface area contributed by atoms with E-state index in [1.165, 1.54) is 35.6 Å². The molecule has 0 radical (unpaired) electrons. The smallest absolute Gasteiger partial charge is 0.333 e. The van der Waals surface area contributed by atoms with Gasteiger partial charge in [-0.25, -0.2) is 23.4 Å². The van der Waals surface area contributed by atoms with Gasteiger partial charge in [-0.1, -0.05) is 12.1 Å². The molecule has 7 nitrogen and oxygen atoms in total. The third-order valence-electron chi connectivity index (χ3n) is 7.99. The van der Waals surface area contributed by atoms with Gasteiger partial charge in [0.15, 0.2) is 0 Å². The topological polar surface area (TPSA) is 75.3 Å². The second-order valence-electron chi connectivity index (χ2n) is 10.6. The first kappa shape index (κ1) is 29.3. The minimum Gasteiger partial charge on any atom is -0.497 e. The van der Waals surface area contributed by atoms with Crippen molar-refractivity contribution < 1.29 is 27.8 Å². The van der Waals surface area contributed by atoms with E-state index in [4.69, 9.17) is 9.47 Å². The minimum absolute atomic E-state index is 0.225. The molecule has 0 atom stereocenters. The summed E-state index contributed by atoms with van der Waals surface area (Å²) in [5.74, 6) is -1.50. The number of methoxy groups -OCH3 is 1. The molecule has 3 heterocycles. The molecule has 44 heavy (non-hydrogen) atoms. The highest BCUT2D eigenvalue weighted by atomic mass is 32.1. The molecule has 0 bridgehead atoms. The number of fused-ring (bicyclic) bond motifs is 2. The molecule has 6 aromatic rings. The average molecular weight is 614 g/mol. The van der Waals surface area contributed by atoms with Crippen molar-refractivity contribution in [1.29, 1.82) is 0 Å². The molecule has 3 aromatic heterocycles. The van der Waals surface area contributed by atoms with Crippen molar-refractivity contribution in [2.45, 2.75) is 39.8 Å². The zero-order chi connectivity index (χ0) is 31.0. The van der Waals surface area contributed by atoms with Crippen molar-refractivity contribution in [3.63, 3.8) is 0 Å². The van der Waals surface area contributed by atoms with Crippen LogP contribution >= 0.6 is 11.3 Å². The zero-order valence-electron chi connectivity index (χ0n) is 24.4. The summed E-state index contributed by atoms with van der Waals surface area (Å²) in [5.41, 5.74) is 5.60. The predicted molar refractivity (Wildman–Crippen MR) is 165 cm³/mol. The van der Waals surface area contributed by atoms with Crippen LogP contribution in [-0.4, -0.2) is 33.2 Å². The maximum Gasteiger partial charge on any atom is 0.333 e. The number of nitrogens with zero attached hydrogens (tertiary/aromatic N) is 3. The quantitative estimate of drug-likeness (QED) is 0.131. The van der Waals surface area contributed by atoms with E-state index in [0.29, 0.717) is 34.6 Å². The Bertz CT molecular complexity index is 2010. The zero-order valence-corrected chi connectivity index (χ0v) is 25.2. The normalized spacial score (nSPS) is 11.4. The Balaban J connectivity index is 1.23. The number of halogens is 2. The van der Waals surface area contributed by atoms with Crippen LogP contribution in [-0.2, 0) is 40.3 Å². The molecule has 0 unspecified atom stereocenters. The first-order valence-electron chi connectivity index (χ1n) is 14.0. The molecule has 224 valence electrons. The first-order chi connectivity index (χ1) is 21.2. The van der Waals surface area contributed by atoms with Crippen LogP contribution in [0, 0.1) is 25.5 Å². The van der Waals surface area contributed by atoms with E-state index in [1.807, 2.05) is 43.5 Å². The first-order valence-corrected chi connectivity index (χ1v) is 14.9. The number of carbonyl (C=O) groups is 2. The number of rotatable bonds is 9. The summed E-state index contributed by atoms with van der Waals surface area (Å²) in [6, 6.07) is 16.5. The third-order valence-corrected chi connectivity index (χ3v) is 8.77. The van der Waals surface area contributed by atoms with E-state index in [2.05, 4.69) is 4.98 Å². The van der Waals surface area contributed by atoms with Crippen molar-refractivity contribution in [1.82, 2.24) is 14.1 Å². The van der Waals surface area contributed by atoms with E-state index in [-0.39, 0.29) is 24.7 Å². The number of esters is 2. The molecule has 0 aliphatic heterocycles. The lowest BCUT2D eigenvalue weighted by Crippen LogP contribution is -2.22. The fourth-order valence-corrected chi connectivity index (χ4v) is 6.42. The van der Waals surface area contributed by atoms with Crippen molar-refractivity contribution in [2.24, 2.45) is 0 Å². The van der Waals surface area contributed by atoms with E-state index >= 15 is 0 Å². The Morgan fingerprint density at radius 1 is 0.795 bits per heavy atom. The summed E-state index contributed by atoms with van der Waals surface area (Å²) in [4.78, 5) is 30.5. The van der Waals surface area contributed by atoms with Gasteiger partial charge in [-0.05, 0) is 85.5 Å². The molecule has 0 aliphatic carbocycles. The number of hydrogen-bond acceptors (Lipinski definition) is 6. The maximum absolute atomic E-state index is 14.3. The van der Waals surface area contributed by atoms with Gasteiger partial charge in [-0.15, -0.1) is 11.3 Å². The van der Waals surface area contributed by atoms with E-state index < -0.39 is 11.9 Å². The second kappa shape index (κ2) is 12.0. The van der Waals surface area contributed by atoms with E-state index in [0.717, 1.165) is 38.8 Å². The van der Waals surface area contributed by atoms with Crippen molar-refractivity contribution in [3.05, 3.63) is 117 Å². The van der Waals surface area contributed by atoms with Gasteiger partial charge in [0.2, 0.25) is 0 Å². The molecular formula is C34H29F2N3O4S. The average Bonchev–Trinajstić information content (AvgIpc) is 3.67. The lowest BCUT2D eigenvalue weighted by Gasteiger charge is -2.11. The van der Waals surface area contributed by atoms with E-state index in [9.17, 15) is 18.4 Å². The molecular weight excluding hydrogens is 584 g/mol. The highest BCUT2D eigenvalue weighted by molar-refractivity contribution is 7.09. The molecule has 6 rings (SSSR count). The largest absolute Gasteiger partial charge is 0.497 e. The lowest BCUT2D eigenvalue weighted by atomic mass is 10.0. The Hall–Kier alpha value is -4.83. The summed E-state index contributed by atoms with van der Waals surface area (Å²) in [7, 11) is 1.60. The van der Waals surface area contributed by atoms with Gasteiger partial charge >= 0.3 is 11.9 Å². The SMILES string of the molecule is COc1ccc(Cc2c(C)n(CC(=O)OC(=O)Cn3c(C)c(Cc4nccs4)c4cc(F)ccc43)c3ccc(F)cc23)cc1. The number of ether oxygens (including phenoxy) is 2. The Labute approximate surface area is 256 Å². The van der Waals surface area contributed by atoms with Crippen LogP contribution in [0.5, 0.6) is 5.75 Å². The van der Waals surface area contributed by atoms with Gasteiger partial charge in [0.25, 0.3) is 0 Å². The monoisotopic (exact) mass is 613 g/mol. The fraction of sp³-hybridized carbons (Fsp3) is 0.206. The van der Waals surface area contributed by atoms with Gasteiger partial charge in [-0.2, -0.15) is 0 Å². The molecule has 0 saturated carbocycles. The standard InChI is InChI=1S/C34H29F2N3O4S/c1-20-26(14-22-4-8-25(42-3)9-5-22)28-15-23(35)6-10-30(28)38(20)18-33(40)43-34(41)19-39-21(2)27(17-32-37-12-13-44-32)29-16-24(36)7-11-31(29)39/h4-13,15-16H,14,17-19H2,1-3H3. The minimum atomic E-state index is -0.738. The molecule has 3 aromatic carbocycles.